The largest absolute Gasteiger partial charge is 0.378 e. The Balaban J connectivity index is 2.24. The molecule has 0 aromatic rings. The molecule has 0 radical (unpaired) electrons. The first kappa shape index (κ1) is 15.0. The third kappa shape index (κ3) is 2.72. The van der Waals surface area contributed by atoms with Crippen LogP contribution in [0, 0.1) is 5.41 Å². The zero-order valence-electron chi connectivity index (χ0n) is 12.6. The van der Waals surface area contributed by atoms with Crippen LogP contribution in [-0.4, -0.2) is 43.9 Å². The molecule has 0 bridgehead atoms. The standard InChI is InChI=1S/C15H26O4/c1-7-8-11-14(2,3)13(16-6)12-10(18-11)9-17-15(4,5)19-12/h7,10-13H,1,8-9H2,2-6H3/t10-,11-,12+,13-/m1/s1. The molecule has 4 nitrogen and oxygen atoms in total. The molecule has 2 rings (SSSR count). The van der Waals surface area contributed by atoms with Crippen LogP contribution in [0.1, 0.15) is 34.1 Å². The molecular formula is C15H26O4. The molecule has 2 saturated heterocycles. The molecule has 4 atom stereocenters. The van der Waals surface area contributed by atoms with Crippen LogP contribution in [0.15, 0.2) is 12.7 Å². The van der Waals surface area contributed by atoms with E-state index >= 15 is 0 Å². The molecule has 0 aliphatic carbocycles. The first-order valence-corrected chi connectivity index (χ1v) is 6.92. The van der Waals surface area contributed by atoms with Crippen molar-refractivity contribution < 1.29 is 18.9 Å². The highest BCUT2D eigenvalue weighted by atomic mass is 16.7. The fraction of sp³-hybridized carbons (Fsp3) is 0.867. The van der Waals surface area contributed by atoms with E-state index < -0.39 is 5.79 Å². The number of rotatable bonds is 3. The van der Waals surface area contributed by atoms with Crippen molar-refractivity contribution in [1.82, 2.24) is 0 Å². The van der Waals surface area contributed by atoms with Gasteiger partial charge in [0.25, 0.3) is 0 Å². The predicted molar refractivity (Wildman–Crippen MR) is 73.0 cm³/mol. The smallest absolute Gasteiger partial charge is 0.163 e. The van der Waals surface area contributed by atoms with Gasteiger partial charge in [-0.1, -0.05) is 19.9 Å². The Hall–Kier alpha value is -0.420. The topological polar surface area (TPSA) is 36.9 Å². The van der Waals surface area contributed by atoms with E-state index in [0.29, 0.717) is 6.61 Å². The highest BCUT2D eigenvalue weighted by Gasteiger charge is 2.54. The van der Waals surface area contributed by atoms with Crippen LogP contribution in [0.25, 0.3) is 0 Å². The Morgan fingerprint density at radius 1 is 1.32 bits per heavy atom. The van der Waals surface area contributed by atoms with Crippen molar-refractivity contribution in [3.8, 4) is 0 Å². The van der Waals surface area contributed by atoms with Crippen LogP contribution in [-0.2, 0) is 18.9 Å². The molecule has 0 saturated carbocycles. The van der Waals surface area contributed by atoms with E-state index in [2.05, 4.69) is 20.4 Å². The lowest BCUT2D eigenvalue weighted by Gasteiger charge is -2.54. The summed E-state index contributed by atoms with van der Waals surface area (Å²) in [6.07, 6.45) is 2.60. The summed E-state index contributed by atoms with van der Waals surface area (Å²) in [7, 11) is 1.74. The second-order valence-corrected chi connectivity index (χ2v) is 6.46. The molecule has 0 amide bonds. The van der Waals surface area contributed by atoms with Gasteiger partial charge in [-0.3, -0.25) is 0 Å². The maximum absolute atomic E-state index is 6.17. The maximum atomic E-state index is 6.17. The molecular weight excluding hydrogens is 244 g/mol. The Labute approximate surface area is 116 Å². The van der Waals surface area contributed by atoms with Gasteiger partial charge in [0.1, 0.15) is 12.2 Å². The third-order valence-electron chi connectivity index (χ3n) is 4.22. The maximum Gasteiger partial charge on any atom is 0.163 e. The lowest BCUT2D eigenvalue weighted by Crippen LogP contribution is -2.65. The van der Waals surface area contributed by atoms with E-state index in [0.717, 1.165) is 6.42 Å². The van der Waals surface area contributed by atoms with Crippen molar-refractivity contribution in [3.05, 3.63) is 12.7 Å². The van der Waals surface area contributed by atoms with Gasteiger partial charge in [-0.15, -0.1) is 6.58 Å². The van der Waals surface area contributed by atoms with E-state index in [1.807, 2.05) is 19.9 Å². The SMILES string of the molecule is C=CC[C@H]1O[C@@H]2COC(C)(C)O[C@@H]2[C@@H](OC)C1(C)C. The molecule has 0 N–H and O–H groups in total. The summed E-state index contributed by atoms with van der Waals surface area (Å²) < 4.78 is 23.7. The van der Waals surface area contributed by atoms with E-state index in [9.17, 15) is 0 Å². The molecule has 0 unspecified atom stereocenters. The number of ether oxygens (including phenoxy) is 4. The van der Waals surface area contributed by atoms with Crippen molar-refractivity contribution in [3.63, 3.8) is 0 Å². The summed E-state index contributed by atoms with van der Waals surface area (Å²) in [6.45, 7) is 12.5. The molecule has 0 aromatic carbocycles. The Morgan fingerprint density at radius 3 is 2.58 bits per heavy atom. The van der Waals surface area contributed by atoms with Gasteiger partial charge in [0.2, 0.25) is 0 Å². The van der Waals surface area contributed by atoms with Crippen molar-refractivity contribution in [2.45, 2.75) is 64.3 Å². The van der Waals surface area contributed by atoms with E-state index in [4.69, 9.17) is 18.9 Å². The Morgan fingerprint density at radius 2 is 2.00 bits per heavy atom. The number of methoxy groups -OCH3 is 1. The average Bonchev–Trinajstić information content (AvgIpc) is 2.30. The van der Waals surface area contributed by atoms with Gasteiger partial charge in [0.15, 0.2) is 5.79 Å². The molecule has 2 fully saturated rings. The monoisotopic (exact) mass is 270 g/mol. The average molecular weight is 270 g/mol. The highest BCUT2D eigenvalue weighted by Crippen LogP contribution is 2.43. The summed E-state index contributed by atoms with van der Waals surface area (Å²) >= 11 is 0. The van der Waals surface area contributed by atoms with Crippen LogP contribution in [0.4, 0.5) is 0 Å². The lowest BCUT2D eigenvalue weighted by atomic mass is 9.73. The summed E-state index contributed by atoms with van der Waals surface area (Å²) in [4.78, 5) is 0. The van der Waals surface area contributed by atoms with Crippen LogP contribution >= 0.6 is 0 Å². The summed E-state index contributed by atoms with van der Waals surface area (Å²) in [5, 5.41) is 0. The number of hydrogen-bond donors (Lipinski definition) is 0. The second-order valence-electron chi connectivity index (χ2n) is 6.46. The molecule has 0 spiro atoms. The lowest BCUT2D eigenvalue weighted by molar-refractivity contribution is -0.364. The van der Waals surface area contributed by atoms with Crippen LogP contribution in [0.5, 0.6) is 0 Å². The van der Waals surface area contributed by atoms with Gasteiger partial charge in [-0.2, -0.15) is 0 Å². The minimum atomic E-state index is -0.581. The fourth-order valence-electron chi connectivity index (χ4n) is 3.13. The van der Waals surface area contributed by atoms with Gasteiger partial charge in [0.05, 0.1) is 18.8 Å². The molecule has 4 heteroatoms. The van der Waals surface area contributed by atoms with Gasteiger partial charge < -0.3 is 18.9 Å². The molecule has 0 aromatic heterocycles. The highest BCUT2D eigenvalue weighted by molar-refractivity contribution is 5.02. The van der Waals surface area contributed by atoms with Gasteiger partial charge in [0, 0.05) is 12.5 Å². The summed E-state index contributed by atoms with van der Waals surface area (Å²) in [5.74, 6) is -0.581. The van der Waals surface area contributed by atoms with Crippen molar-refractivity contribution in [2.75, 3.05) is 13.7 Å². The molecule has 2 heterocycles. The van der Waals surface area contributed by atoms with Crippen LogP contribution in [0.3, 0.4) is 0 Å². The third-order valence-corrected chi connectivity index (χ3v) is 4.22. The zero-order chi connectivity index (χ0) is 14.3. The normalized spacial score (nSPS) is 40.5. The first-order chi connectivity index (χ1) is 8.81. The van der Waals surface area contributed by atoms with Crippen LogP contribution in [0.2, 0.25) is 0 Å². The van der Waals surface area contributed by atoms with Crippen LogP contribution < -0.4 is 0 Å². The second kappa shape index (κ2) is 5.17. The Bertz CT molecular complexity index is 337. The van der Waals surface area contributed by atoms with Crippen molar-refractivity contribution in [2.24, 2.45) is 5.41 Å². The van der Waals surface area contributed by atoms with E-state index in [-0.39, 0.29) is 29.8 Å². The number of fused-ring (bicyclic) bond motifs is 1. The van der Waals surface area contributed by atoms with E-state index in [1.54, 1.807) is 7.11 Å². The quantitative estimate of drug-likeness (QED) is 0.738. The minimum Gasteiger partial charge on any atom is -0.378 e. The van der Waals surface area contributed by atoms with Gasteiger partial charge >= 0.3 is 0 Å². The number of hydrogen-bond acceptors (Lipinski definition) is 4. The fourth-order valence-corrected chi connectivity index (χ4v) is 3.13. The molecule has 19 heavy (non-hydrogen) atoms. The van der Waals surface area contributed by atoms with Gasteiger partial charge in [-0.25, -0.2) is 0 Å². The minimum absolute atomic E-state index is 0.0145. The molecule has 2 aliphatic rings. The zero-order valence-corrected chi connectivity index (χ0v) is 12.6. The summed E-state index contributed by atoms with van der Waals surface area (Å²) in [5.41, 5.74) is -0.127. The Kier molecular flexibility index (Phi) is 4.07. The van der Waals surface area contributed by atoms with Crippen molar-refractivity contribution in [1.29, 1.82) is 0 Å². The molecule has 110 valence electrons. The predicted octanol–water partition coefficient (Wildman–Crippen LogP) is 2.52. The summed E-state index contributed by atoms with van der Waals surface area (Å²) in [6, 6.07) is 0. The first-order valence-electron chi connectivity index (χ1n) is 6.92. The molecule has 2 aliphatic heterocycles. The van der Waals surface area contributed by atoms with E-state index in [1.165, 1.54) is 0 Å². The van der Waals surface area contributed by atoms with Gasteiger partial charge in [-0.05, 0) is 20.3 Å². The van der Waals surface area contributed by atoms with Crippen molar-refractivity contribution >= 4 is 0 Å².